The Morgan fingerprint density at radius 1 is 1.40 bits per heavy atom. The van der Waals surface area contributed by atoms with Gasteiger partial charge in [-0.2, -0.15) is 4.31 Å². The molecule has 0 fully saturated rings. The molecular formula is C12H21N3O4S. The van der Waals surface area contributed by atoms with E-state index in [1.54, 1.807) is 18.4 Å². The van der Waals surface area contributed by atoms with Crippen molar-refractivity contribution in [3.63, 3.8) is 0 Å². The summed E-state index contributed by atoms with van der Waals surface area (Å²) < 4.78 is 27.5. The molecule has 20 heavy (non-hydrogen) atoms. The van der Waals surface area contributed by atoms with Crippen molar-refractivity contribution < 1.29 is 18.3 Å². The zero-order chi connectivity index (χ0) is 15.3. The highest BCUT2D eigenvalue weighted by Gasteiger charge is 2.28. The van der Waals surface area contributed by atoms with Crippen molar-refractivity contribution in [2.75, 3.05) is 13.1 Å². The molecule has 8 heteroatoms. The van der Waals surface area contributed by atoms with Gasteiger partial charge < -0.3 is 9.67 Å². The number of aliphatic carboxylic acids is 1. The number of aromatic nitrogens is 2. The van der Waals surface area contributed by atoms with Gasteiger partial charge in [0.2, 0.25) is 0 Å². The first-order chi connectivity index (χ1) is 9.32. The minimum atomic E-state index is -3.86. The first-order valence-electron chi connectivity index (χ1n) is 6.58. The van der Waals surface area contributed by atoms with Crippen molar-refractivity contribution >= 4 is 16.0 Å². The zero-order valence-corrected chi connectivity index (χ0v) is 12.9. The van der Waals surface area contributed by atoms with Crippen LogP contribution in [0.4, 0.5) is 0 Å². The average molecular weight is 303 g/mol. The maximum atomic E-state index is 12.4. The lowest BCUT2D eigenvalue weighted by molar-refractivity contribution is -0.137. The largest absolute Gasteiger partial charge is 0.480 e. The first kappa shape index (κ1) is 16.6. The molecule has 0 bridgehead atoms. The van der Waals surface area contributed by atoms with Gasteiger partial charge in [0.15, 0.2) is 5.03 Å². The van der Waals surface area contributed by atoms with Gasteiger partial charge >= 0.3 is 5.97 Å². The van der Waals surface area contributed by atoms with Crippen LogP contribution in [0.15, 0.2) is 11.2 Å². The van der Waals surface area contributed by atoms with E-state index in [1.165, 1.54) is 6.20 Å². The van der Waals surface area contributed by atoms with Gasteiger partial charge in [0.05, 0.1) is 0 Å². The van der Waals surface area contributed by atoms with Crippen LogP contribution >= 0.6 is 0 Å². The van der Waals surface area contributed by atoms with E-state index in [1.807, 2.05) is 6.92 Å². The molecule has 1 N–H and O–H groups in total. The highest BCUT2D eigenvalue weighted by molar-refractivity contribution is 7.89. The van der Waals surface area contributed by atoms with Gasteiger partial charge in [-0.05, 0) is 19.8 Å². The number of hydrogen-bond acceptors (Lipinski definition) is 4. The molecule has 0 aliphatic carbocycles. The van der Waals surface area contributed by atoms with Crippen LogP contribution in [0.1, 0.15) is 32.5 Å². The lowest BCUT2D eigenvalue weighted by Crippen LogP contribution is -2.36. The molecule has 1 aromatic rings. The third kappa shape index (κ3) is 3.80. The van der Waals surface area contributed by atoms with Crippen molar-refractivity contribution in [3.8, 4) is 0 Å². The Bertz CT molecular complexity index is 565. The molecular weight excluding hydrogens is 282 g/mol. The maximum absolute atomic E-state index is 12.4. The minimum absolute atomic E-state index is 0.0850. The predicted octanol–water partition coefficient (Wildman–Crippen LogP) is 1.09. The Balaban J connectivity index is 3.12. The van der Waals surface area contributed by atoms with Gasteiger partial charge in [0.1, 0.15) is 12.4 Å². The van der Waals surface area contributed by atoms with Gasteiger partial charge in [-0.3, -0.25) is 4.79 Å². The molecule has 0 atom stereocenters. The normalized spacial score (nSPS) is 12.0. The number of imidazole rings is 1. The lowest BCUT2D eigenvalue weighted by Gasteiger charge is -2.17. The van der Waals surface area contributed by atoms with E-state index in [0.29, 0.717) is 18.8 Å². The van der Waals surface area contributed by atoms with Crippen LogP contribution in [0.5, 0.6) is 0 Å². The highest BCUT2D eigenvalue weighted by atomic mass is 32.2. The van der Waals surface area contributed by atoms with Crippen molar-refractivity contribution in [2.45, 2.75) is 45.2 Å². The molecule has 1 aromatic heterocycles. The summed E-state index contributed by atoms with van der Waals surface area (Å²) in [6, 6.07) is 0. The summed E-state index contributed by atoms with van der Waals surface area (Å²) in [5, 5.41) is 8.75. The first-order valence-corrected chi connectivity index (χ1v) is 8.02. The van der Waals surface area contributed by atoms with Crippen molar-refractivity contribution in [3.05, 3.63) is 12.0 Å². The van der Waals surface area contributed by atoms with Crippen LogP contribution in [0.3, 0.4) is 0 Å². The molecule has 1 heterocycles. The Labute approximate surface area is 119 Å². The van der Waals surface area contributed by atoms with E-state index >= 15 is 0 Å². The van der Waals surface area contributed by atoms with Crippen molar-refractivity contribution in [1.82, 2.24) is 13.9 Å². The van der Waals surface area contributed by atoms with Gasteiger partial charge in [-0.15, -0.1) is 0 Å². The maximum Gasteiger partial charge on any atom is 0.318 e. The van der Waals surface area contributed by atoms with Crippen LogP contribution in [-0.2, 0) is 21.4 Å². The second-order valence-corrected chi connectivity index (χ2v) is 6.44. The molecule has 0 radical (unpaired) electrons. The Morgan fingerprint density at radius 3 is 2.55 bits per heavy atom. The average Bonchev–Trinajstić information content (AvgIpc) is 2.71. The van der Waals surface area contributed by atoms with E-state index < -0.39 is 22.5 Å². The van der Waals surface area contributed by atoms with Crippen LogP contribution in [0.2, 0.25) is 0 Å². The molecule has 0 aliphatic heterocycles. The smallest absolute Gasteiger partial charge is 0.318 e. The highest BCUT2D eigenvalue weighted by Crippen LogP contribution is 2.16. The van der Waals surface area contributed by atoms with Gasteiger partial charge in [0, 0.05) is 19.3 Å². The third-order valence-corrected chi connectivity index (χ3v) is 4.52. The topological polar surface area (TPSA) is 92.5 Å². The van der Waals surface area contributed by atoms with E-state index in [0.717, 1.165) is 10.7 Å². The number of nitrogens with zero attached hydrogens (tertiary/aromatic N) is 3. The summed E-state index contributed by atoms with van der Waals surface area (Å²) in [4.78, 5) is 14.9. The minimum Gasteiger partial charge on any atom is -0.480 e. The number of aryl methyl sites for hydroxylation is 2. The molecule has 0 aliphatic rings. The summed E-state index contributed by atoms with van der Waals surface area (Å²) in [6.45, 7) is 5.81. The number of carboxylic acids is 1. The van der Waals surface area contributed by atoms with Gasteiger partial charge in [-0.1, -0.05) is 13.8 Å². The molecule has 7 nitrogen and oxygen atoms in total. The molecule has 0 spiro atoms. The monoisotopic (exact) mass is 303 g/mol. The standard InChI is InChI=1S/C12H21N3O4S/c1-4-6-14-8-11(13-10(14)3)20(18,19)15(7-5-2)9-12(16)17/h8H,4-7,9H2,1-3H3,(H,16,17). The molecule has 0 aromatic carbocycles. The fraction of sp³-hybridized carbons (Fsp3) is 0.667. The van der Waals surface area contributed by atoms with Crippen LogP contribution in [0, 0.1) is 6.92 Å². The summed E-state index contributed by atoms with van der Waals surface area (Å²) in [6.07, 6.45) is 2.88. The quantitative estimate of drug-likeness (QED) is 0.776. The number of rotatable bonds is 8. The van der Waals surface area contributed by atoms with Crippen LogP contribution in [0.25, 0.3) is 0 Å². The molecule has 114 valence electrons. The molecule has 0 amide bonds. The number of carbonyl (C=O) groups is 1. The van der Waals surface area contributed by atoms with Crippen LogP contribution < -0.4 is 0 Å². The van der Waals surface area contributed by atoms with Crippen molar-refractivity contribution in [2.24, 2.45) is 0 Å². The second kappa shape index (κ2) is 6.85. The van der Waals surface area contributed by atoms with Gasteiger partial charge in [0.25, 0.3) is 10.0 Å². The van der Waals surface area contributed by atoms with Crippen molar-refractivity contribution in [1.29, 1.82) is 0 Å². The Kier molecular flexibility index (Phi) is 5.70. The third-order valence-electron chi connectivity index (χ3n) is 2.81. The Hall–Kier alpha value is -1.41. The zero-order valence-electron chi connectivity index (χ0n) is 12.0. The number of carboxylic acid groups (broad SMARTS) is 1. The van der Waals surface area contributed by atoms with Crippen LogP contribution in [-0.4, -0.2) is 46.4 Å². The van der Waals surface area contributed by atoms with E-state index in [2.05, 4.69) is 4.98 Å². The van der Waals surface area contributed by atoms with Gasteiger partial charge in [-0.25, -0.2) is 13.4 Å². The second-order valence-electron chi connectivity index (χ2n) is 4.55. The molecule has 0 saturated heterocycles. The molecule has 0 unspecified atom stereocenters. The summed E-state index contributed by atoms with van der Waals surface area (Å²) in [7, 11) is -3.86. The summed E-state index contributed by atoms with van der Waals surface area (Å²) in [5.74, 6) is -0.566. The number of hydrogen-bond donors (Lipinski definition) is 1. The fourth-order valence-corrected chi connectivity index (χ4v) is 3.36. The Morgan fingerprint density at radius 2 is 2.05 bits per heavy atom. The lowest BCUT2D eigenvalue weighted by atomic mass is 10.5. The van der Waals surface area contributed by atoms with E-state index in [4.69, 9.17) is 5.11 Å². The van der Waals surface area contributed by atoms with E-state index in [-0.39, 0.29) is 11.6 Å². The summed E-state index contributed by atoms with van der Waals surface area (Å²) in [5.41, 5.74) is 0. The predicted molar refractivity (Wildman–Crippen MR) is 73.9 cm³/mol. The molecule has 0 saturated carbocycles. The van der Waals surface area contributed by atoms with E-state index in [9.17, 15) is 13.2 Å². The molecule has 1 rings (SSSR count). The SMILES string of the molecule is CCCN(CC(=O)O)S(=O)(=O)c1cn(CCC)c(C)n1. The summed E-state index contributed by atoms with van der Waals surface area (Å²) >= 11 is 0. The fourth-order valence-electron chi connectivity index (χ4n) is 1.89. The number of sulfonamides is 1.